The average molecular weight is 396 g/mol. The maximum atomic E-state index is 14.1. The van der Waals surface area contributed by atoms with E-state index in [2.05, 4.69) is 25.4 Å². The molecule has 0 saturated heterocycles. The van der Waals surface area contributed by atoms with Crippen LogP contribution in [-0.4, -0.2) is 24.7 Å². The van der Waals surface area contributed by atoms with Crippen molar-refractivity contribution in [1.29, 1.82) is 0 Å². The molecule has 0 fully saturated rings. The molecule has 0 unspecified atom stereocenters. The minimum atomic E-state index is -0.450. The van der Waals surface area contributed by atoms with Gasteiger partial charge >= 0.3 is 0 Å². The van der Waals surface area contributed by atoms with Gasteiger partial charge in [-0.05, 0) is 30.3 Å². The molecule has 28 heavy (non-hydrogen) atoms. The quantitative estimate of drug-likeness (QED) is 0.506. The molecule has 140 valence electrons. The van der Waals surface area contributed by atoms with Crippen LogP contribution in [0, 0.1) is 5.82 Å². The molecule has 0 amide bonds. The second-order valence-corrected chi connectivity index (χ2v) is 6.47. The highest BCUT2D eigenvalue weighted by Crippen LogP contribution is 2.29. The SMILES string of the molecule is Cn1cc(-c2cnc(Nc3cc(-c4ncccc4F)cc(Cl)n3)c(N)c2)cn1. The number of halogens is 2. The van der Waals surface area contributed by atoms with Crippen LogP contribution in [0.4, 0.5) is 21.7 Å². The molecule has 0 spiro atoms. The van der Waals surface area contributed by atoms with Crippen LogP contribution in [0.25, 0.3) is 22.4 Å². The first kappa shape index (κ1) is 17.9. The van der Waals surface area contributed by atoms with Crippen LogP contribution in [-0.2, 0) is 7.05 Å². The molecule has 4 aromatic rings. The summed E-state index contributed by atoms with van der Waals surface area (Å²) < 4.78 is 15.8. The Bertz CT molecular complexity index is 1160. The van der Waals surface area contributed by atoms with Crippen molar-refractivity contribution in [2.75, 3.05) is 11.1 Å². The first-order valence-corrected chi connectivity index (χ1v) is 8.67. The van der Waals surface area contributed by atoms with Gasteiger partial charge in [0.05, 0.1) is 11.9 Å². The first-order valence-electron chi connectivity index (χ1n) is 8.29. The Morgan fingerprint density at radius 3 is 2.68 bits per heavy atom. The normalized spacial score (nSPS) is 10.8. The second kappa shape index (κ2) is 7.24. The Kier molecular flexibility index (Phi) is 4.62. The third-order valence-corrected chi connectivity index (χ3v) is 4.22. The number of aromatic nitrogens is 5. The van der Waals surface area contributed by atoms with Gasteiger partial charge in [-0.1, -0.05) is 11.6 Å². The topological polar surface area (TPSA) is 94.5 Å². The fourth-order valence-corrected chi connectivity index (χ4v) is 2.94. The van der Waals surface area contributed by atoms with E-state index in [4.69, 9.17) is 17.3 Å². The minimum Gasteiger partial charge on any atom is -0.396 e. The van der Waals surface area contributed by atoms with E-state index in [-0.39, 0.29) is 10.8 Å². The Hall–Kier alpha value is -3.52. The van der Waals surface area contributed by atoms with E-state index in [1.807, 2.05) is 13.2 Å². The van der Waals surface area contributed by atoms with Gasteiger partial charge in [-0.25, -0.2) is 14.4 Å². The zero-order valence-corrected chi connectivity index (χ0v) is 15.5. The molecule has 0 aliphatic heterocycles. The molecule has 0 aliphatic carbocycles. The largest absolute Gasteiger partial charge is 0.396 e. The van der Waals surface area contributed by atoms with Gasteiger partial charge in [-0.2, -0.15) is 5.10 Å². The summed E-state index contributed by atoms with van der Waals surface area (Å²) in [7, 11) is 1.84. The first-order chi connectivity index (χ1) is 13.5. The van der Waals surface area contributed by atoms with Gasteiger partial charge in [0.25, 0.3) is 0 Å². The van der Waals surface area contributed by atoms with Crippen LogP contribution in [0.15, 0.2) is 55.1 Å². The van der Waals surface area contributed by atoms with E-state index < -0.39 is 5.82 Å². The molecule has 0 radical (unpaired) electrons. The fourth-order valence-electron chi connectivity index (χ4n) is 2.73. The summed E-state index contributed by atoms with van der Waals surface area (Å²) in [5.41, 5.74) is 8.98. The maximum Gasteiger partial charge on any atom is 0.154 e. The predicted octanol–water partition coefficient (Wildman–Crippen LogP) is 4.06. The third kappa shape index (κ3) is 3.63. The molecule has 4 aromatic heterocycles. The number of rotatable bonds is 4. The smallest absolute Gasteiger partial charge is 0.154 e. The van der Waals surface area contributed by atoms with Crippen LogP contribution in [0.3, 0.4) is 0 Å². The lowest BCUT2D eigenvalue weighted by atomic mass is 10.1. The van der Waals surface area contributed by atoms with Gasteiger partial charge in [0.15, 0.2) is 5.82 Å². The van der Waals surface area contributed by atoms with Crippen LogP contribution in [0.5, 0.6) is 0 Å². The van der Waals surface area contributed by atoms with Gasteiger partial charge in [0.2, 0.25) is 0 Å². The third-order valence-electron chi connectivity index (χ3n) is 4.03. The van der Waals surface area contributed by atoms with Crippen molar-refractivity contribution >= 4 is 28.9 Å². The summed E-state index contributed by atoms with van der Waals surface area (Å²) in [6, 6.07) is 7.82. The molecular weight excluding hydrogens is 381 g/mol. The van der Waals surface area contributed by atoms with Crippen LogP contribution in [0.1, 0.15) is 0 Å². The molecule has 0 aromatic carbocycles. The van der Waals surface area contributed by atoms with E-state index in [0.717, 1.165) is 11.1 Å². The van der Waals surface area contributed by atoms with Crippen LogP contribution < -0.4 is 11.1 Å². The molecule has 0 aliphatic rings. The number of nitrogens with two attached hydrogens (primary N) is 1. The number of nitrogen functional groups attached to an aromatic ring is 1. The van der Waals surface area contributed by atoms with Gasteiger partial charge in [-0.15, -0.1) is 0 Å². The highest BCUT2D eigenvalue weighted by atomic mass is 35.5. The average Bonchev–Trinajstić information content (AvgIpc) is 3.10. The van der Waals surface area contributed by atoms with Crippen molar-refractivity contribution in [3.05, 3.63) is 66.1 Å². The number of aryl methyl sites for hydroxylation is 1. The molecule has 4 rings (SSSR count). The van der Waals surface area contributed by atoms with Crippen molar-refractivity contribution in [2.24, 2.45) is 7.05 Å². The van der Waals surface area contributed by atoms with E-state index in [1.165, 1.54) is 18.3 Å². The monoisotopic (exact) mass is 395 g/mol. The lowest BCUT2D eigenvalue weighted by Crippen LogP contribution is -2.02. The minimum absolute atomic E-state index is 0.183. The summed E-state index contributed by atoms with van der Waals surface area (Å²) in [5.74, 6) is 0.338. The Morgan fingerprint density at radius 1 is 1.11 bits per heavy atom. The van der Waals surface area contributed by atoms with Crippen molar-refractivity contribution in [1.82, 2.24) is 24.7 Å². The van der Waals surface area contributed by atoms with Crippen molar-refractivity contribution in [3.8, 4) is 22.4 Å². The fraction of sp³-hybridized carbons (Fsp3) is 0.0526. The van der Waals surface area contributed by atoms with Crippen molar-refractivity contribution in [2.45, 2.75) is 0 Å². The van der Waals surface area contributed by atoms with E-state index in [9.17, 15) is 4.39 Å². The van der Waals surface area contributed by atoms with Crippen LogP contribution >= 0.6 is 11.6 Å². The highest BCUT2D eigenvalue weighted by molar-refractivity contribution is 6.29. The molecule has 3 N–H and O–H groups in total. The van der Waals surface area contributed by atoms with Gasteiger partial charge in [-0.3, -0.25) is 9.67 Å². The van der Waals surface area contributed by atoms with Gasteiger partial charge < -0.3 is 11.1 Å². The Balaban J connectivity index is 1.65. The van der Waals surface area contributed by atoms with E-state index in [1.54, 1.807) is 35.3 Å². The maximum absolute atomic E-state index is 14.1. The Morgan fingerprint density at radius 2 is 1.96 bits per heavy atom. The molecule has 7 nitrogen and oxygen atoms in total. The number of nitrogens with zero attached hydrogens (tertiary/aromatic N) is 5. The Labute approximate surface area is 165 Å². The summed E-state index contributed by atoms with van der Waals surface area (Å²) in [6.45, 7) is 0. The number of pyridine rings is 3. The second-order valence-electron chi connectivity index (χ2n) is 6.09. The highest BCUT2D eigenvalue weighted by Gasteiger charge is 2.12. The van der Waals surface area contributed by atoms with Gasteiger partial charge in [0, 0.05) is 42.3 Å². The summed E-state index contributed by atoms with van der Waals surface area (Å²) in [6.07, 6.45) is 6.79. The number of hydrogen-bond acceptors (Lipinski definition) is 6. The molecule has 9 heteroatoms. The summed E-state index contributed by atoms with van der Waals surface area (Å²) in [5, 5.41) is 7.35. The lowest BCUT2D eigenvalue weighted by molar-refractivity contribution is 0.626. The number of hydrogen-bond donors (Lipinski definition) is 2. The predicted molar refractivity (Wildman–Crippen MR) is 107 cm³/mol. The zero-order valence-electron chi connectivity index (χ0n) is 14.8. The molecule has 0 saturated carbocycles. The summed E-state index contributed by atoms with van der Waals surface area (Å²) >= 11 is 6.10. The zero-order chi connectivity index (χ0) is 19.7. The van der Waals surface area contributed by atoms with Crippen molar-refractivity contribution in [3.63, 3.8) is 0 Å². The van der Waals surface area contributed by atoms with E-state index in [0.29, 0.717) is 22.9 Å². The molecule has 0 bridgehead atoms. The molecule has 0 atom stereocenters. The standard InChI is InChI=1S/C19H15ClFN7/c1-28-10-13(9-25-28)12-5-15(22)19(24-8-12)27-17-7-11(6-16(20)26-17)18-14(21)3-2-4-23-18/h2-10H,22H2,1H3,(H,24,26,27). The number of nitrogens with one attached hydrogen (secondary N) is 1. The van der Waals surface area contributed by atoms with Crippen LogP contribution in [0.2, 0.25) is 5.15 Å². The van der Waals surface area contributed by atoms with Gasteiger partial charge in [0.1, 0.15) is 22.5 Å². The lowest BCUT2D eigenvalue weighted by Gasteiger charge is -2.11. The molecular formula is C19H15ClFN7. The van der Waals surface area contributed by atoms with Crippen molar-refractivity contribution < 1.29 is 4.39 Å². The van der Waals surface area contributed by atoms with E-state index >= 15 is 0 Å². The molecule has 4 heterocycles. The summed E-state index contributed by atoms with van der Waals surface area (Å²) in [4.78, 5) is 12.6. The number of anilines is 3.